The molecule has 120 valence electrons. The Kier molecular flexibility index (Phi) is 7.12. The Balaban J connectivity index is 2.80. The molecule has 5 nitrogen and oxygen atoms in total. The molecule has 1 rings (SSSR count). The number of nitrogens with one attached hydrogen (secondary N) is 1. The van der Waals surface area contributed by atoms with Crippen LogP contribution in [0.1, 0.15) is 20.3 Å². The van der Waals surface area contributed by atoms with Crippen LogP contribution in [-0.2, 0) is 10.0 Å². The minimum Gasteiger partial charge on any atom is -0.399 e. The van der Waals surface area contributed by atoms with Gasteiger partial charge in [0.15, 0.2) is 0 Å². The van der Waals surface area contributed by atoms with Crippen molar-refractivity contribution in [3.63, 3.8) is 0 Å². The average Bonchev–Trinajstić information content (AvgIpc) is 2.35. The first-order valence-electron chi connectivity index (χ1n) is 6.63. The molecule has 0 fully saturated rings. The second kappa shape index (κ2) is 7.92. The highest BCUT2D eigenvalue weighted by atomic mass is 79.9. The molecule has 0 aromatic heterocycles. The Bertz CT molecular complexity index is 570. The van der Waals surface area contributed by atoms with Crippen molar-refractivity contribution >= 4 is 47.6 Å². The molecular formula is C13H21Br2N3O2S. The summed E-state index contributed by atoms with van der Waals surface area (Å²) in [4.78, 5) is 2.29. The third-order valence-electron chi connectivity index (χ3n) is 3.39. The van der Waals surface area contributed by atoms with Gasteiger partial charge in [0, 0.05) is 33.8 Å². The fourth-order valence-electron chi connectivity index (χ4n) is 1.80. The summed E-state index contributed by atoms with van der Waals surface area (Å²) in [6, 6.07) is 3.57. The number of likely N-dealkylation sites (N-methyl/N-ethyl adjacent to an activating group) is 1. The van der Waals surface area contributed by atoms with Gasteiger partial charge < -0.3 is 10.6 Å². The minimum atomic E-state index is -3.59. The molecule has 0 radical (unpaired) electrons. The lowest BCUT2D eigenvalue weighted by Gasteiger charge is -2.23. The summed E-state index contributed by atoms with van der Waals surface area (Å²) in [5.41, 5.74) is 6.17. The van der Waals surface area contributed by atoms with E-state index in [-0.39, 0.29) is 4.90 Å². The quantitative estimate of drug-likeness (QED) is 0.636. The smallest absolute Gasteiger partial charge is 0.242 e. The number of halogens is 2. The molecule has 0 amide bonds. The number of anilines is 1. The largest absolute Gasteiger partial charge is 0.399 e. The van der Waals surface area contributed by atoms with Gasteiger partial charge in [-0.05, 0) is 64.4 Å². The summed E-state index contributed by atoms with van der Waals surface area (Å²) in [7, 11) is -1.61. The molecular weight excluding hydrogens is 422 g/mol. The molecule has 1 aromatic carbocycles. The molecule has 3 N–H and O–H groups in total. The van der Waals surface area contributed by atoms with E-state index < -0.39 is 10.0 Å². The maximum absolute atomic E-state index is 12.4. The number of nitrogens with zero attached hydrogens (tertiary/aromatic N) is 1. The fourth-order valence-corrected chi connectivity index (χ4v) is 5.43. The van der Waals surface area contributed by atoms with Crippen LogP contribution in [0.2, 0.25) is 0 Å². The van der Waals surface area contributed by atoms with E-state index in [1.54, 1.807) is 12.1 Å². The molecule has 1 unspecified atom stereocenters. The number of hydrogen-bond donors (Lipinski definition) is 2. The second-order valence-corrected chi connectivity index (χ2v) is 8.36. The third-order valence-corrected chi connectivity index (χ3v) is 6.73. The van der Waals surface area contributed by atoms with E-state index in [1.165, 1.54) is 0 Å². The fraction of sp³-hybridized carbons (Fsp3) is 0.538. The predicted octanol–water partition coefficient (Wildman–Crippen LogP) is 2.80. The Morgan fingerprint density at radius 3 is 2.33 bits per heavy atom. The number of nitrogen functional groups attached to an aromatic ring is 1. The Morgan fingerprint density at radius 2 is 1.86 bits per heavy atom. The SMILES string of the molecule is CCC(C)N(C)CCNS(=O)(=O)c1c(Br)cc(N)cc1Br. The van der Waals surface area contributed by atoms with Crippen molar-refractivity contribution in [1.82, 2.24) is 9.62 Å². The summed E-state index contributed by atoms with van der Waals surface area (Å²) in [6.07, 6.45) is 1.03. The summed E-state index contributed by atoms with van der Waals surface area (Å²) >= 11 is 6.50. The first-order valence-corrected chi connectivity index (χ1v) is 9.70. The number of hydrogen-bond acceptors (Lipinski definition) is 4. The second-order valence-electron chi connectivity index (χ2n) is 4.95. The summed E-state index contributed by atoms with van der Waals surface area (Å²) < 4.78 is 28.3. The van der Waals surface area contributed by atoms with Crippen molar-refractivity contribution < 1.29 is 8.42 Å². The normalized spacial score (nSPS) is 13.6. The van der Waals surface area contributed by atoms with Gasteiger partial charge in [0.1, 0.15) is 4.90 Å². The highest BCUT2D eigenvalue weighted by Gasteiger charge is 2.21. The van der Waals surface area contributed by atoms with E-state index in [4.69, 9.17) is 5.73 Å². The lowest BCUT2D eigenvalue weighted by Crippen LogP contribution is -2.37. The zero-order valence-electron chi connectivity index (χ0n) is 12.4. The molecule has 0 spiro atoms. The van der Waals surface area contributed by atoms with Gasteiger partial charge in [-0.1, -0.05) is 6.92 Å². The summed E-state index contributed by atoms with van der Waals surface area (Å²) in [5, 5.41) is 0. The van der Waals surface area contributed by atoms with E-state index in [0.717, 1.165) is 6.42 Å². The van der Waals surface area contributed by atoms with Crippen molar-refractivity contribution in [1.29, 1.82) is 0 Å². The molecule has 0 aliphatic carbocycles. The van der Waals surface area contributed by atoms with Crippen molar-refractivity contribution in [2.75, 3.05) is 25.9 Å². The lowest BCUT2D eigenvalue weighted by molar-refractivity contribution is 0.256. The lowest BCUT2D eigenvalue weighted by atomic mass is 10.2. The number of rotatable bonds is 7. The van der Waals surface area contributed by atoms with Crippen LogP contribution in [0.5, 0.6) is 0 Å². The van der Waals surface area contributed by atoms with Crippen LogP contribution < -0.4 is 10.5 Å². The van der Waals surface area contributed by atoms with Crippen LogP contribution in [-0.4, -0.2) is 39.5 Å². The van der Waals surface area contributed by atoms with Gasteiger partial charge in [0.25, 0.3) is 0 Å². The average molecular weight is 443 g/mol. The molecule has 0 bridgehead atoms. The van der Waals surface area contributed by atoms with Gasteiger partial charge in [-0.15, -0.1) is 0 Å². The standard InChI is InChI=1S/C13H21Br2N3O2S/c1-4-9(2)18(3)6-5-17-21(19,20)13-11(14)7-10(16)8-12(13)15/h7-9,17H,4-6,16H2,1-3H3. The van der Waals surface area contributed by atoms with Crippen LogP contribution in [0, 0.1) is 0 Å². The van der Waals surface area contributed by atoms with Gasteiger partial charge in [-0.2, -0.15) is 0 Å². The zero-order valence-corrected chi connectivity index (χ0v) is 16.3. The number of benzene rings is 1. The molecule has 8 heteroatoms. The highest BCUT2D eigenvalue weighted by Crippen LogP contribution is 2.32. The topological polar surface area (TPSA) is 75.4 Å². The van der Waals surface area contributed by atoms with E-state index in [1.807, 2.05) is 7.05 Å². The monoisotopic (exact) mass is 441 g/mol. The van der Waals surface area contributed by atoms with Gasteiger partial charge in [0.2, 0.25) is 10.0 Å². The predicted molar refractivity (Wildman–Crippen MR) is 93.8 cm³/mol. The van der Waals surface area contributed by atoms with Crippen molar-refractivity contribution in [3.8, 4) is 0 Å². The highest BCUT2D eigenvalue weighted by molar-refractivity contribution is 9.11. The molecule has 0 aliphatic rings. The van der Waals surface area contributed by atoms with Gasteiger partial charge >= 0.3 is 0 Å². The molecule has 0 heterocycles. The first kappa shape index (κ1) is 18.9. The molecule has 1 atom stereocenters. The maximum Gasteiger partial charge on any atom is 0.242 e. The molecule has 1 aromatic rings. The first-order chi connectivity index (χ1) is 9.69. The van der Waals surface area contributed by atoms with Crippen molar-refractivity contribution in [3.05, 3.63) is 21.1 Å². The van der Waals surface area contributed by atoms with Crippen LogP contribution in [0.3, 0.4) is 0 Å². The van der Waals surface area contributed by atoms with E-state index >= 15 is 0 Å². The Labute approximate surface area is 143 Å². The van der Waals surface area contributed by atoms with Crippen LogP contribution in [0.15, 0.2) is 26.0 Å². The summed E-state index contributed by atoms with van der Waals surface area (Å²) in [6.45, 7) is 5.22. The van der Waals surface area contributed by atoms with Crippen molar-refractivity contribution in [2.24, 2.45) is 0 Å². The molecule has 0 saturated carbocycles. The number of sulfonamides is 1. The van der Waals surface area contributed by atoms with E-state index in [9.17, 15) is 8.42 Å². The van der Waals surface area contributed by atoms with Crippen LogP contribution >= 0.6 is 31.9 Å². The Hall–Kier alpha value is -0.150. The molecule has 0 saturated heterocycles. The van der Waals surface area contributed by atoms with Gasteiger partial charge in [-0.3, -0.25) is 0 Å². The van der Waals surface area contributed by atoms with E-state index in [0.29, 0.717) is 33.8 Å². The minimum absolute atomic E-state index is 0.169. The zero-order chi connectivity index (χ0) is 16.2. The molecule has 21 heavy (non-hydrogen) atoms. The maximum atomic E-state index is 12.4. The Morgan fingerprint density at radius 1 is 1.33 bits per heavy atom. The van der Waals surface area contributed by atoms with Gasteiger partial charge in [-0.25, -0.2) is 13.1 Å². The van der Waals surface area contributed by atoms with Crippen LogP contribution in [0.4, 0.5) is 5.69 Å². The van der Waals surface area contributed by atoms with Gasteiger partial charge in [0.05, 0.1) is 0 Å². The third kappa shape index (κ3) is 5.21. The van der Waals surface area contributed by atoms with Crippen LogP contribution in [0.25, 0.3) is 0 Å². The summed E-state index contributed by atoms with van der Waals surface area (Å²) in [5.74, 6) is 0. The number of nitrogens with two attached hydrogens (primary N) is 1. The van der Waals surface area contributed by atoms with E-state index in [2.05, 4.69) is 55.3 Å². The molecule has 0 aliphatic heterocycles. The van der Waals surface area contributed by atoms with Crippen molar-refractivity contribution in [2.45, 2.75) is 31.2 Å².